The van der Waals surface area contributed by atoms with Crippen LogP contribution in [0, 0.1) is 0 Å². The van der Waals surface area contributed by atoms with Gasteiger partial charge in [0.05, 0.1) is 22.6 Å². The van der Waals surface area contributed by atoms with Crippen molar-refractivity contribution >= 4 is 22.0 Å². The van der Waals surface area contributed by atoms with Gasteiger partial charge in [0.2, 0.25) is 10.0 Å². The summed E-state index contributed by atoms with van der Waals surface area (Å²) >= 11 is 0. The van der Waals surface area contributed by atoms with Gasteiger partial charge in [0, 0.05) is 18.8 Å². The van der Waals surface area contributed by atoms with E-state index in [0.29, 0.717) is 30.8 Å². The van der Waals surface area contributed by atoms with Crippen molar-refractivity contribution in [1.82, 2.24) is 14.9 Å². The van der Waals surface area contributed by atoms with E-state index in [9.17, 15) is 18.0 Å². The predicted octanol–water partition coefficient (Wildman–Crippen LogP) is 3.61. The van der Waals surface area contributed by atoms with Crippen LogP contribution in [-0.2, 0) is 19.6 Å². The van der Waals surface area contributed by atoms with Crippen LogP contribution in [-0.4, -0.2) is 43.9 Å². The molecule has 1 aromatic carbocycles. The molecule has 1 saturated heterocycles. The molecule has 8 nitrogen and oxygen atoms in total. The van der Waals surface area contributed by atoms with E-state index in [1.165, 1.54) is 4.31 Å². The fraction of sp³-hybridized carbons (Fsp3) is 0.565. The number of carbonyl (C=O) groups excluding carboxylic acids is 2. The molecule has 0 bridgehead atoms. The number of hydrogen-bond acceptors (Lipinski definition) is 5. The number of piperidine rings is 1. The van der Waals surface area contributed by atoms with Crippen LogP contribution in [0.4, 0.5) is 4.79 Å². The van der Waals surface area contributed by atoms with E-state index >= 15 is 0 Å². The van der Waals surface area contributed by atoms with Crippen molar-refractivity contribution in [2.45, 2.75) is 76.3 Å². The molecule has 0 radical (unpaired) electrons. The largest absolute Gasteiger partial charge is 0.459 e. The van der Waals surface area contributed by atoms with E-state index in [4.69, 9.17) is 4.74 Å². The first kappa shape index (κ1) is 24.3. The summed E-state index contributed by atoms with van der Waals surface area (Å²) in [5.74, 6) is -0.561. The smallest absolute Gasteiger partial charge is 0.338 e. The van der Waals surface area contributed by atoms with Crippen LogP contribution in [0.15, 0.2) is 40.4 Å². The number of urea groups is 1. The molecule has 2 heterocycles. The number of ether oxygens (including phenoxy) is 1. The number of allylic oxidation sites excluding steroid dienone is 1. The Hall–Kier alpha value is -2.39. The van der Waals surface area contributed by atoms with Crippen LogP contribution in [0.5, 0.6) is 0 Å². The Labute approximate surface area is 190 Å². The summed E-state index contributed by atoms with van der Waals surface area (Å²) < 4.78 is 34.0. The SMILES string of the molecule is CCCCC1=C(C(=O)OC(C)C)C(c2ccccc2S(=O)(=O)N2CCCCC2)NC(=O)N1. The van der Waals surface area contributed by atoms with Crippen molar-refractivity contribution in [3.05, 3.63) is 41.1 Å². The average molecular weight is 464 g/mol. The Balaban J connectivity index is 2.11. The summed E-state index contributed by atoms with van der Waals surface area (Å²) in [5, 5.41) is 5.51. The van der Waals surface area contributed by atoms with Crippen molar-refractivity contribution < 1.29 is 22.7 Å². The summed E-state index contributed by atoms with van der Waals surface area (Å²) in [5.41, 5.74) is 1.11. The topological polar surface area (TPSA) is 105 Å². The second-order valence-corrected chi connectivity index (χ2v) is 10.4. The van der Waals surface area contributed by atoms with Crippen molar-refractivity contribution in [1.29, 1.82) is 0 Å². The molecule has 1 atom stereocenters. The third kappa shape index (κ3) is 5.32. The van der Waals surface area contributed by atoms with Gasteiger partial charge in [-0.25, -0.2) is 18.0 Å². The number of amides is 2. The van der Waals surface area contributed by atoms with Gasteiger partial charge in [-0.15, -0.1) is 0 Å². The Morgan fingerprint density at radius 1 is 1.19 bits per heavy atom. The molecule has 2 aliphatic rings. The fourth-order valence-electron chi connectivity index (χ4n) is 4.12. The zero-order valence-electron chi connectivity index (χ0n) is 19.0. The van der Waals surface area contributed by atoms with Crippen molar-refractivity contribution in [2.24, 2.45) is 0 Å². The molecule has 0 spiro atoms. The number of carbonyl (C=O) groups is 2. The van der Waals surface area contributed by atoms with Crippen LogP contribution < -0.4 is 10.6 Å². The molecule has 1 fully saturated rings. The molecule has 1 aromatic rings. The van der Waals surface area contributed by atoms with Gasteiger partial charge in [-0.05, 0) is 51.2 Å². The molecule has 0 aliphatic carbocycles. The van der Waals surface area contributed by atoms with E-state index < -0.39 is 28.1 Å². The second-order valence-electron chi connectivity index (χ2n) is 8.48. The van der Waals surface area contributed by atoms with Gasteiger partial charge in [0.15, 0.2) is 0 Å². The summed E-state index contributed by atoms with van der Waals surface area (Å²) in [6.45, 7) is 6.46. The maximum absolute atomic E-state index is 13.5. The fourth-order valence-corrected chi connectivity index (χ4v) is 5.87. The molecule has 176 valence electrons. The monoisotopic (exact) mass is 463 g/mol. The average Bonchev–Trinajstić information content (AvgIpc) is 2.77. The first-order valence-electron chi connectivity index (χ1n) is 11.4. The highest BCUT2D eigenvalue weighted by molar-refractivity contribution is 7.89. The van der Waals surface area contributed by atoms with Crippen molar-refractivity contribution in [3.63, 3.8) is 0 Å². The third-order valence-electron chi connectivity index (χ3n) is 5.66. The van der Waals surface area contributed by atoms with E-state index in [1.807, 2.05) is 6.92 Å². The Morgan fingerprint density at radius 3 is 2.53 bits per heavy atom. The Morgan fingerprint density at radius 2 is 1.88 bits per heavy atom. The van der Waals surface area contributed by atoms with Gasteiger partial charge >= 0.3 is 12.0 Å². The molecule has 2 N–H and O–H groups in total. The maximum atomic E-state index is 13.5. The van der Waals surface area contributed by atoms with Gasteiger partial charge in [0.25, 0.3) is 0 Å². The van der Waals surface area contributed by atoms with Gasteiger partial charge < -0.3 is 15.4 Å². The minimum absolute atomic E-state index is 0.110. The molecule has 1 unspecified atom stereocenters. The first-order valence-corrected chi connectivity index (χ1v) is 12.8. The van der Waals surface area contributed by atoms with Gasteiger partial charge in [-0.1, -0.05) is 38.0 Å². The number of benzene rings is 1. The zero-order valence-corrected chi connectivity index (χ0v) is 19.8. The molecule has 0 saturated carbocycles. The summed E-state index contributed by atoms with van der Waals surface area (Å²) in [6.07, 6.45) is 4.43. The normalized spacial score (nSPS) is 20.1. The highest BCUT2D eigenvalue weighted by Gasteiger charge is 2.38. The van der Waals surface area contributed by atoms with Crippen LogP contribution in [0.25, 0.3) is 0 Å². The molecule has 2 amide bonds. The Bertz CT molecular complexity index is 981. The number of sulfonamides is 1. The Kier molecular flexibility index (Phi) is 7.95. The van der Waals surface area contributed by atoms with Gasteiger partial charge in [0.1, 0.15) is 0 Å². The minimum atomic E-state index is -3.78. The lowest BCUT2D eigenvalue weighted by atomic mass is 9.93. The van der Waals surface area contributed by atoms with E-state index in [-0.39, 0.29) is 16.6 Å². The summed E-state index contributed by atoms with van der Waals surface area (Å²) in [6, 6.07) is 5.20. The highest BCUT2D eigenvalue weighted by Crippen LogP contribution is 2.35. The third-order valence-corrected chi connectivity index (χ3v) is 7.63. The maximum Gasteiger partial charge on any atom is 0.338 e. The number of hydrogen-bond donors (Lipinski definition) is 2. The van der Waals surface area contributed by atoms with Gasteiger partial charge in [-0.2, -0.15) is 4.31 Å². The van der Waals surface area contributed by atoms with E-state index in [2.05, 4.69) is 10.6 Å². The quantitative estimate of drug-likeness (QED) is 0.573. The molecule has 0 aromatic heterocycles. The molecular weight excluding hydrogens is 430 g/mol. The van der Waals surface area contributed by atoms with Gasteiger partial charge in [-0.3, -0.25) is 0 Å². The molecule has 3 rings (SSSR count). The minimum Gasteiger partial charge on any atom is -0.459 e. The highest BCUT2D eigenvalue weighted by atomic mass is 32.2. The summed E-state index contributed by atoms with van der Waals surface area (Å²) in [4.78, 5) is 25.7. The second kappa shape index (κ2) is 10.5. The number of rotatable bonds is 8. The number of esters is 1. The zero-order chi connectivity index (χ0) is 23.3. The lowest BCUT2D eigenvalue weighted by Crippen LogP contribution is -2.47. The number of unbranched alkanes of at least 4 members (excludes halogenated alkanes) is 1. The van der Waals surface area contributed by atoms with Crippen LogP contribution in [0.3, 0.4) is 0 Å². The first-order chi connectivity index (χ1) is 15.3. The van der Waals surface area contributed by atoms with E-state index in [0.717, 1.165) is 32.1 Å². The van der Waals surface area contributed by atoms with Crippen molar-refractivity contribution in [2.75, 3.05) is 13.1 Å². The predicted molar refractivity (Wildman–Crippen MR) is 121 cm³/mol. The molecule has 32 heavy (non-hydrogen) atoms. The van der Waals surface area contributed by atoms with Crippen LogP contribution in [0.2, 0.25) is 0 Å². The van der Waals surface area contributed by atoms with Crippen LogP contribution in [0.1, 0.15) is 70.9 Å². The standard InChI is InChI=1S/C23H33N3O5S/c1-4-5-12-18-20(22(27)31-16(2)3)21(25-23(28)24-18)17-11-7-8-13-19(17)32(29,30)26-14-9-6-10-15-26/h7-8,11,13,16,21H,4-6,9-10,12,14-15H2,1-3H3,(H2,24,25,28). The lowest BCUT2D eigenvalue weighted by molar-refractivity contribution is -0.143. The molecule has 9 heteroatoms. The summed E-state index contributed by atoms with van der Waals surface area (Å²) in [7, 11) is -3.78. The lowest BCUT2D eigenvalue weighted by Gasteiger charge is -2.32. The number of nitrogens with one attached hydrogen (secondary N) is 2. The van der Waals surface area contributed by atoms with Crippen LogP contribution >= 0.6 is 0 Å². The molecular formula is C23H33N3O5S. The molecule has 2 aliphatic heterocycles. The number of nitrogens with zero attached hydrogens (tertiary/aromatic N) is 1. The van der Waals surface area contributed by atoms with E-state index in [1.54, 1.807) is 38.1 Å². The van der Waals surface area contributed by atoms with Crippen molar-refractivity contribution in [3.8, 4) is 0 Å².